The molecule has 46 heavy (non-hydrogen) atoms. The summed E-state index contributed by atoms with van der Waals surface area (Å²) in [5, 5.41) is 2.77. The molecule has 244 valence electrons. The van der Waals surface area contributed by atoms with Gasteiger partial charge in [0.25, 0.3) is 0 Å². The number of hydrogen-bond donors (Lipinski definition) is 1. The van der Waals surface area contributed by atoms with Gasteiger partial charge in [-0.2, -0.15) is 0 Å². The number of nitrogens with zero attached hydrogens (tertiary/aromatic N) is 1. The van der Waals surface area contributed by atoms with Gasteiger partial charge >= 0.3 is 6.09 Å². The van der Waals surface area contributed by atoms with E-state index in [1.54, 1.807) is 40.0 Å². The van der Waals surface area contributed by atoms with Gasteiger partial charge in [0.15, 0.2) is 23.0 Å². The Morgan fingerprint density at radius 1 is 0.978 bits per heavy atom. The van der Waals surface area contributed by atoms with Gasteiger partial charge < -0.3 is 43.4 Å². The van der Waals surface area contributed by atoms with Crippen LogP contribution >= 0.6 is 0 Å². The summed E-state index contributed by atoms with van der Waals surface area (Å²) in [6, 6.07) is 16.1. The maximum absolute atomic E-state index is 14.7. The first kappa shape index (κ1) is 32.6. The van der Waals surface area contributed by atoms with E-state index in [2.05, 4.69) is 5.32 Å². The highest BCUT2D eigenvalue weighted by Crippen LogP contribution is 2.41. The van der Waals surface area contributed by atoms with Crippen LogP contribution in [-0.4, -0.2) is 68.5 Å². The van der Waals surface area contributed by atoms with Crippen molar-refractivity contribution in [2.45, 2.75) is 63.9 Å². The van der Waals surface area contributed by atoms with Crippen LogP contribution in [0.3, 0.4) is 0 Å². The van der Waals surface area contributed by atoms with Crippen molar-refractivity contribution in [3.8, 4) is 23.0 Å². The second-order valence-electron chi connectivity index (χ2n) is 12.2. The number of carbonyl (C=O) groups excluding carboxylic acids is 3. The van der Waals surface area contributed by atoms with Gasteiger partial charge in [0.1, 0.15) is 17.9 Å². The summed E-state index contributed by atoms with van der Waals surface area (Å²) in [5.41, 5.74) is 2.48. The van der Waals surface area contributed by atoms with E-state index in [0.717, 1.165) is 28.5 Å². The third-order valence-electron chi connectivity index (χ3n) is 7.79. The molecule has 11 heteroatoms. The Bertz CT molecular complexity index is 1550. The van der Waals surface area contributed by atoms with Gasteiger partial charge in [0.05, 0.1) is 39.5 Å². The molecule has 2 amide bonds. The van der Waals surface area contributed by atoms with Gasteiger partial charge in [0.2, 0.25) is 12.7 Å². The van der Waals surface area contributed by atoms with Crippen molar-refractivity contribution >= 4 is 18.3 Å². The third-order valence-corrected chi connectivity index (χ3v) is 7.79. The second-order valence-corrected chi connectivity index (χ2v) is 12.2. The summed E-state index contributed by atoms with van der Waals surface area (Å²) in [5.74, 6) is 1.68. The smallest absolute Gasteiger partial charge is 0.408 e. The van der Waals surface area contributed by atoms with Crippen molar-refractivity contribution < 1.29 is 42.8 Å². The highest BCUT2D eigenvalue weighted by atomic mass is 16.7. The number of aldehydes is 1. The molecule has 0 aliphatic carbocycles. The minimum atomic E-state index is -1.09. The van der Waals surface area contributed by atoms with Crippen LogP contribution in [0.2, 0.25) is 0 Å². The van der Waals surface area contributed by atoms with Crippen LogP contribution in [0.15, 0.2) is 60.7 Å². The van der Waals surface area contributed by atoms with Crippen LogP contribution in [0.4, 0.5) is 4.79 Å². The quantitative estimate of drug-likeness (QED) is 0.298. The number of ether oxygens (including phenoxy) is 6. The SMILES string of the molecule is COc1cc2c(cc1OC)C(COCc1ccccc1)N(C(=O)[C@H](Cc1ccc3c(c1)OCO3)NC(=O)OC(C)(C)C)[C@H](C=O)C2. The molecule has 0 saturated carbocycles. The highest BCUT2D eigenvalue weighted by molar-refractivity contribution is 5.89. The first-order valence-electron chi connectivity index (χ1n) is 15.1. The summed E-state index contributed by atoms with van der Waals surface area (Å²) in [7, 11) is 3.08. The lowest BCUT2D eigenvalue weighted by Gasteiger charge is -2.43. The van der Waals surface area contributed by atoms with E-state index in [9.17, 15) is 14.4 Å². The Labute approximate surface area is 268 Å². The van der Waals surface area contributed by atoms with Crippen LogP contribution in [0.25, 0.3) is 0 Å². The van der Waals surface area contributed by atoms with Crippen LogP contribution in [0, 0.1) is 0 Å². The average Bonchev–Trinajstić information content (AvgIpc) is 3.51. The van der Waals surface area contributed by atoms with Crippen LogP contribution < -0.4 is 24.3 Å². The summed E-state index contributed by atoms with van der Waals surface area (Å²) >= 11 is 0. The molecule has 0 aromatic heterocycles. The molecule has 3 aromatic rings. The zero-order valence-electron chi connectivity index (χ0n) is 26.7. The number of benzene rings is 3. The summed E-state index contributed by atoms with van der Waals surface area (Å²) < 4.78 is 33.8. The molecule has 0 bridgehead atoms. The normalized spacial score (nSPS) is 17.5. The predicted octanol–water partition coefficient (Wildman–Crippen LogP) is 4.78. The number of hydrogen-bond acceptors (Lipinski definition) is 9. The lowest BCUT2D eigenvalue weighted by atomic mass is 9.87. The van der Waals surface area contributed by atoms with Gasteiger partial charge in [-0.3, -0.25) is 4.79 Å². The Morgan fingerprint density at radius 2 is 1.70 bits per heavy atom. The highest BCUT2D eigenvalue weighted by Gasteiger charge is 2.42. The van der Waals surface area contributed by atoms with E-state index in [0.29, 0.717) is 29.6 Å². The van der Waals surface area contributed by atoms with E-state index in [-0.39, 0.29) is 26.2 Å². The molecule has 3 atom stereocenters. The molecule has 1 N–H and O–H groups in total. The van der Waals surface area contributed by atoms with Gasteiger partial charge in [-0.1, -0.05) is 36.4 Å². The molecule has 1 unspecified atom stereocenters. The maximum atomic E-state index is 14.7. The Kier molecular flexibility index (Phi) is 10.0. The lowest BCUT2D eigenvalue weighted by molar-refractivity contribution is -0.144. The zero-order chi connectivity index (χ0) is 32.8. The van der Waals surface area contributed by atoms with Crippen LogP contribution in [-0.2, 0) is 38.5 Å². The molecule has 0 spiro atoms. The number of rotatable bonds is 11. The fraction of sp³-hybridized carbons (Fsp3) is 0.400. The first-order chi connectivity index (χ1) is 22.1. The third kappa shape index (κ3) is 7.54. The van der Waals surface area contributed by atoms with E-state index in [1.807, 2.05) is 48.5 Å². The topological polar surface area (TPSA) is 122 Å². The van der Waals surface area contributed by atoms with Gasteiger partial charge in [-0.25, -0.2) is 4.79 Å². The van der Waals surface area contributed by atoms with E-state index >= 15 is 0 Å². The van der Waals surface area contributed by atoms with Crippen molar-refractivity contribution in [1.82, 2.24) is 10.2 Å². The van der Waals surface area contributed by atoms with Crippen molar-refractivity contribution in [2.75, 3.05) is 27.6 Å². The summed E-state index contributed by atoms with van der Waals surface area (Å²) in [4.78, 5) is 41.9. The summed E-state index contributed by atoms with van der Waals surface area (Å²) in [6.45, 7) is 5.71. The van der Waals surface area contributed by atoms with Gasteiger partial charge in [-0.05, 0) is 67.3 Å². The fourth-order valence-corrected chi connectivity index (χ4v) is 5.73. The molecule has 0 fully saturated rings. The lowest BCUT2D eigenvalue weighted by Crippen LogP contribution is -2.57. The molecule has 11 nitrogen and oxygen atoms in total. The molecular weight excluding hydrogens is 592 g/mol. The Hall–Kier alpha value is -4.77. The van der Waals surface area contributed by atoms with E-state index < -0.39 is 35.7 Å². The van der Waals surface area contributed by atoms with Crippen LogP contribution in [0.1, 0.15) is 49.1 Å². The monoisotopic (exact) mass is 632 g/mol. The van der Waals surface area contributed by atoms with Crippen LogP contribution in [0.5, 0.6) is 23.0 Å². The molecule has 5 rings (SSSR count). The van der Waals surface area contributed by atoms with Crippen molar-refractivity contribution in [1.29, 1.82) is 0 Å². The number of nitrogens with one attached hydrogen (secondary N) is 1. The number of amides is 2. The largest absolute Gasteiger partial charge is 0.493 e. The number of carbonyl (C=O) groups is 3. The van der Waals surface area contributed by atoms with Gasteiger partial charge in [0, 0.05) is 12.8 Å². The first-order valence-corrected chi connectivity index (χ1v) is 15.1. The molecule has 2 heterocycles. The predicted molar refractivity (Wildman–Crippen MR) is 168 cm³/mol. The van der Waals surface area contributed by atoms with Crippen molar-refractivity contribution in [3.05, 3.63) is 82.9 Å². The van der Waals surface area contributed by atoms with E-state index in [4.69, 9.17) is 28.4 Å². The minimum Gasteiger partial charge on any atom is -0.493 e. The molecule has 2 aliphatic rings. The van der Waals surface area contributed by atoms with Crippen molar-refractivity contribution in [3.63, 3.8) is 0 Å². The van der Waals surface area contributed by atoms with E-state index in [1.165, 1.54) is 12.0 Å². The zero-order valence-corrected chi connectivity index (χ0v) is 26.7. The molecule has 3 aromatic carbocycles. The van der Waals surface area contributed by atoms with Crippen molar-refractivity contribution in [2.24, 2.45) is 0 Å². The second kappa shape index (κ2) is 14.1. The Morgan fingerprint density at radius 3 is 2.39 bits per heavy atom. The summed E-state index contributed by atoms with van der Waals surface area (Å²) in [6.07, 6.45) is 0.346. The average molecular weight is 633 g/mol. The molecule has 0 saturated heterocycles. The molecular formula is C35H40N2O9. The molecule has 2 aliphatic heterocycles. The molecule has 0 radical (unpaired) electrons. The maximum Gasteiger partial charge on any atom is 0.408 e. The van der Waals surface area contributed by atoms with Gasteiger partial charge in [-0.15, -0.1) is 0 Å². The fourth-order valence-electron chi connectivity index (χ4n) is 5.73. The Balaban J connectivity index is 1.52. The standard InChI is InChI=1S/C35H40N2O9/c1-35(2,3)46-34(40)36-27(13-23-11-12-29-32(14-23)45-21-44-29)33(39)37-25(18-38)15-24-16-30(41-4)31(42-5)17-26(24)28(37)20-43-19-22-9-7-6-8-10-22/h6-12,14,16-18,25,27-28H,13,15,19-21H2,1-5H3,(H,36,40)/t25-,27-,28?/m0/s1. The number of fused-ring (bicyclic) bond motifs is 2. The number of methoxy groups -OCH3 is 2. The minimum absolute atomic E-state index is 0.0800. The number of alkyl carbamates (subject to hydrolysis) is 1.